The number of phenols is 1. The number of phenolic OH excluding ortho intramolecular Hbond substituents is 1. The zero-order valence-corrected chi connectivity index (χ0v) is 17.6. The number of hydrogen-bond donors (Lipinski definition) is 1. The summed E-state index contributed by atoms with van der Waals surface area (Å²) < 4.78 is 12.1. The Morgan fingerprint density at radius 3 is 2.32 bits per heavy atom. The van der Waals surface area contributed by atoms with E-state index < -0.39 is 0 Å². The van der Waals surface area contributed by atoms with Gasteiger partial charge in [-0.2, -0.15) is 5.10 Å². The van der Waals surface area contributed by atoms with Crippen LogP contribution in [0.1, 0.15) is 5.56 Å². The van der Waals surface area contributed by atoms with Gasteiger partial charge in [0.05, 0.1) is 36.2 Å². The minimum absolute atomic E-state index is 0.0638. The van der Waals surface area contributed by atoms with E-state index in [0.29, 0.717) is 31.9 Å². The normalized spacial score (nSPS) is 12.0. The monoisotopic (exact) mass is 437 g/mol. The van der Waals surface area contributed by atoms with Gasteiger partial charge in [0, 0.05) is 23.6 Å². The van der Waals surface area contributed by atoms with E-state index in [-0.39, 0.29) is 5.75 Å². The number of aromatic hydroxyl groups is 1. The standard InChI is InChI=1S/C19H17Cl2N3O3S/c1-22-19-24(15(10-28-19)12-4-5-13(20)14(21)8-12)23-9-11-6-16(26-2)18(25)17(7-11)27-3/h4-10,25H,1-3H3. The first kappa shape index (κ1) is 20.3. The number of benzene rings is 2. The van der Waals surface area contributed by atoms with Gasteiger partial charge in [0.15, 0.2) is 11.5 Å². The van der Waals surface area contributed by atoms with Crippen molar-refractivity contribution in [3.05, 3.63) is 56.1 Å². The molecule has 0 radical (unpaired) electrons. The van der Waals surface area contributed by atoms with Crippen molar-refractivity contribution in [2.45, 2.75) is 0 Å². The van der Waals surface area contributed by atoms with E-state index in [4.69, 9.17) is 32.7 Å². The van der Waals surface area contributed by atoms with E-state index in [9.17, 15) is 5.11 Å². The zero-order chi connectivity index (χ0) is 20.3. The SMILES string of the molecule is CN=c1scc(-c2ccc(Cl)c(Cl)c2)n1N=Cc1cc(OC)c(O)c(OC)c1. The zero-order valence-electron chi connectivity index (χ0n) is 15.3. The van der Waals surface area contributed by atoms with Crippen molar-refractivity contribution in [1.29, 1.82) is 0 Å². The predicted octanol–water partition coefficient (Wildman–Crippen LogP) is 4.66. The minimum Gasteiger partial charge on any atom is -0.502 e. The molecule has 9 heteroatoms. The number of halogens is 2. The van der Waals surface area contributed by atoms with Crippen molar-refractivity contribution in [2.75, 3.05) is 21.3 Å². The molecular formula is C19H17Cl2N3O3S. The lowest BCUT2D eigenvalue weighted by Gasteiger charge is -2.09. The molecule has 0 bridgehead atoms. The van der Waals surface area contributed by atoms with Crippen LogP contribution in [0.5, 0.6) is 17.2 Å². The van der Waals surface area contributed by atoms with Gasteiger partial charge in [-0.15, -0.1) is 11.3 Å². The molecule has 146 valence electrons. The highest BCUT2D eigenvalue weighted by Crippen LogP contribution is 2.36. The van der Waals surface area contributed by atoms with Crippen LogP contribution in [-0.4, -0.2) is 37.3 Å². The topological polar surface area (TPSA) is 68.3 Å². The number of methoxy groups -OCH3 is 2. The highest BCUT2D eigenvalue weighted by atomic mass is 35.5. The third-order valence-electron chi connectivity index (χ3n) is 3.92. The van der Waals surface area contributed by atoms with Gasteiger partial charge < -0.3 is 14.6 Å². The quantitative estimate of drug-likeness (QED) is 0.590. The van der Waals surface area contributed by atoms with Crippen LogP contribution >= 0.6 is 34.5 Å². The smallest absolute Gasteiger partial charge is 0.205 e. The molecule has 3 rings (SSSR count). The van der Waals surface area contributed by atoms with Crippen LogP contribution in [0, 0.1) is 0 Å². The van der Waals surface area contributed by atoms with Gasteiger partial charge in [-0.1, -0.05) is 29.3 Å². The summed E-state index contributed by atoms with van der Waals surface area (Å²) in [6, 6.07) is 8.72. The van der Waals surface area contributed by atoms with Crippen LogP contribution in [0.3, 0.4) is 0 Å². The minimum atomic E-state index is -0.0638. The molecule has 6 nitrogen and oxygen atoms in total. The number of nitrogens with zero attached hydrogens (tertiary/aromatic N) is 3. The number of rotatable bonds is 5. The van der Waals surface area contributed by atoms with E-state index in [1.165, 1.54) is 25.6 Å². The fraction of sp³-hybridized carbons (Fsp3) is 0.158. The molecule has 0 fully saturated rings. The van der Waals surface area contributed by atoms with Crippen LogP contribution in [0.15, 0.2) is 45.8 Å². The highest BCUT2D eigenvalue weighted by molar-refractivity contribution is 7.07. The Morgan fingerprint density at radius 1 is 1.07 bits per heavy atom. The Balaban J connectivity index is 2.08. The van der Waals surface area contributed by atoms with Gasteiger partial charge in [0.2, 0.25) is 10.6 Å². The fourth-order valence-corrected chi connectivity index (χ4v) is 3.63. The van der Waals surface area contributed by atoms with Crippen LogP contribution in [-0.2, 0) is 0 Å². The van der Waals surface area contributed by atoms with Gasteiger partial charge in [0.25, 0.3) is 0 Å². The van der Waals surface area contributed by atoms with E-state index >= 15 is 0 Å². The lowest BCUT2D eigenvalue weighted by molar-refractivity contribution is 0.340. The second-order valence-corrected chi connectivity index (χ2v) is 7.24. The largest absolute Gasteiger partial charge is 0.502 e. The molecule has 2 aromatic carbocycles. The Kier molecular flexibility index (Phi) is 6.28. The summed E-state index contributed by atoms with van der Waals surface area (Å²) in [6.45, 7) is 0. The molecule has 0 amide bonds. The summed E-state index contributed by atoms with van der Waals surface area (Å²) in [7, 11) is 4.64. The van der Waals surface area contributed by atoms with Crippen molar-refractivity contribution in [3.63, 3.8) is 0 Å². The van der Waals surface area contributed by atoms with Crippen LogP contribution in [0.2, 0.25) is 10.0 Å². The first-order valence-electron chi connectivity index (χ1n) is 8.06. The summed E-state index contributed by atoms with van der Waals surface area (Å²) in [5.41, 5.74) is 2.36. The molecule has 0 atom stereocenters. The molecule has 28 heavy (non-hydrogen) atoms. The average molecular weight is 438 g/mol. The Bertz CT molecular complexity index is 1080. The van der Waals surface area contributed by atoms with Crippen molar-refractivity contribution in [1.82, 2.24) is 4.68 Å². The maximum absolute atomic E-state index is 10.1. The molecule has 0 unspecified atom stereocenters. The summed E-state index contributed by atoms with van der Waals surface area (Å²) in [5.74, 6) is 0.522. The Labute approximate surface area is 175 Å². The van der Waals surface area contributed by atoms with Gasteiger partial charge in [-0.3, -0.25) is 4.99 Å². The first-order valence-corrected chi connectivity index (χ1v) is 9.70. The number of aromatic nitrogens is 1. The van der Waals surface area contributed by atoms with E-state index in [1.807, 2.05) is 11.4 Å². The Hall–Kier alpha value is -2.48. The van der Waals surface area contributed by atoms with Crippen molar-refractivity contribution in [2.24, 2.45) is 10.1 Å². The van der Waals surface area contributed by atoms with Gasteiger partial charge in [-0.05, 0) is 24.3 Å². The van der Waals surface area contributed by atoms with Crippen molar-refractivity contribution in [3.8, 4) is 28.5 Å². The van der Waals surface area contributed by atoms with Gasteiger partial charge in [0.1, 0.15) is 0 Å². The van der Waals surface area contributed by atoms with E-state index in [0.717, 1.165) is 11.3 Å². The molecule has 1 N–H and O–H groups in total. The molecule has 0 spiro atoms. The Morgan fingerprint density at radius 2 is 1.75 bits per heavy atom. The first-order chi connectivity index (χ1) is 13.5. The fourth-order valence-electron chi connectivity index (χ4n) is 2.53. The molecule has 0 aliphatic carbocycles. The van der Waals surface area contributed by atoms with E-state index in [2.05, 4.69) is 10.1 Å². The molecule has 0 aliphatic rings. The van der Waals surface area contributed by atoms with E-state index in [1.54, 1.807) is 42.2 Å². The van der Waals surface area contributed by atoms with Gasteiger partial charge >= 0.3 is 0 Å². The molecule has 3 aromatic rings. The summed E-state index contributed by atoms with van der Waals surface area (Å²) in [5, 5.41) is 17.5. The third kappa shape index (κ3) is 4.01. The summed E-state index contributed by atoms with van der Waals surface area (Å²) in [6.07, 6.45) is 1.63. The third-order valence-corrected chi connectivity index (χ3v) is 5.56. The average Bonchev–Trinajstić information content (AvgIpc) is 3.12. The number of hydrogen-bond acceptors (Lipinski definition) is 6. The molecular weight excluding hydrogens is 421 g/mol. The maximum atomic E-state index is 10.1. The van der Waals surface area contributed by atoms with Crippen molar-refractivity contribution >= 4 is 40.8 Å². The number of thiazole rings is 1. The second kappa shape index (κ2) is 8.68. The van der Waals surface area contributed by atoms with Crippen LogP contribution < -0.4 is 14.3 Å². The summed E-state index contributed by atoms with van der Waals surface area (Å²) >= 11 is 13.6. The molecule has 0 saturated heterocycles. The van der Waals surface area contributed by atoms with Crippen LogP contribution in [0.25, 0.3) is 11.3 Å². The second-order valence-electron chi connectivity index (χ2n) is 5.59. The molecule has 1 heterocycles. The van der Waals surface area contributed by atoms with Crippen LogP contribution in [0.4, 0.5) is 0 Å². The predicted molar refractivity (Wildman–Crippen MR) is 113 cm³/mol. The lowest BCUT2D eigenvalue weighted by atomic mass is 10.2. The molecule has 1 aromatic heterocycles. The number of ether oxygens (including phenoxy) is 2. The molecule has 0 aliphatic heterocycles. The van der Waals surface area contributed by atoms with Gasteiger partial charge in [-0.25, -0.2) is 4.68 Å². The maximum Gasteiger partial charge on any atom is 0.205 e. The van der Waals surface area contributed by atoms with Crippen molar-refractivity contribution < 1.29 is 14.6 Å². The highest BCUT2D eigenvalue weighted by Gasteiger charge is 2.12. The summed E-state index contributed by atoms with van der Waals surface area (Å²) in [4.78, 5) is 4.97. The molecule has 0 saturated carbocycles. The lowest BCUT2D eigenvalue weighted by Crippen LogP contribution is -2.11.